The molecule has 1 aromatic heterocycles. The van der Waals surface area contributed by atoms with Crippen LogP contribution in [0.1, 0.15) is 56.1 Å². The van der Waals surface area contributed by atoms with E-state index in [-0.39, 0.29) is 32.7 Å². The van der Waals surface area contributed by atoms with Gasteiger partial charge in [-0.15, -0.1) is 0 Å². The van der Waals surface area contributed by atoms with E-state index >= 15 is 0 Å². The molecule has 2 bridgehead atoms. The number of nitrogens with one attached hydrogen (secondary N) is 1. The van der Waals surface area contributed by atoms with Crippen molar-refractivity contribution in [2.24, 2.45) is 5.41 Å². The van der Waals surface area contributed by atoms with Crippen LogP contribution in [0.2, 0.25) is 10.0 Å². The van der Waals surface area contributed by atoms with E-state index in [4.69, 9.17) is 33.2 Å². The van der Waals surface area contributed by atoms with Crippen LogP contribution < -0.4 is 5.32 Å². The van der Waals surface area contributed by atoms with Gasteiger partial charge in [-0.3, -0.25) is 14.9 Å². The summed E-state index contributed by atoms with van der Waals surface area (Å²) >= 11 is 12.1. The summed E-state index contributed by atoms with van der Waals surface area (Å²) in [5, 5.41) is 14.6. The molecule has 0 spiro atoms. The van der Waals surface area contributed by atoms with Crippen molar-refractivity contribution in [3.63, 3.8) is 0 Å². The highest BCUT2D eigenvalue weighted by Crippen LogP contribution is 2.70. The van der Waals surface area contributed by atoms with Gasteiger partial charge in [0.2, 0.25) is 5.91 Å². The van der Waals surface area contributed by atoms with Gasteiger partial charge in [0, 0.05) is 11.5 Å². The Labute approximate surface area is 207 Å². The number of hydrogen-bond acceptors (Lipinski definition) is 5. The first-order chi connectivity index (χ1) is 15.8. The van der Waals surface area contributed by atoms with Crippen molar-refractivity contribution in [3.05, 3.63) is 66.9 Å². The zero-order valence-corrected chi connectivity index (χ0v) is 21.1. The SMILES string of the molecule is Cc1cc2nc3c(nc2cc1C)C1(C(=O)Nc2cc(Cl)c(Cl)cc2[N+](=O)[O-])CCC3(C)C1(C)C. The number of carbonyl (C=O) groups is 1. The number of halogens is 2. The first-order valence-electron chi connectivity index (χ1n) is 11.1. The molecule has 1 fully saturated rings. The molecule has 1 amide bonds. The number of hydrogen-bond donors (Lipinski definition) is 1. The maximum absolute atomic E-state index is 14.1. The quantitative estimate of drug-likeness (QED) is 0.331. The van der Waals surface area contributed by atoms with Gasteiger partial charge in [-0.2, -0.15) is 0 Å². The van der Waals surface area contributed by atoms with Crippen LogP contribution >= 0.6 is 23.2 Å². The smallest absolute Gasteiger partial charge is 0.294 e. The summed E-state index contributed by atoms with van der Waals surface area (Å²) in [6.45, 7) is 10.3. The Bertz CT molecular complexity index is 1440. The average Bonchev–Trinajstić information content (AvgIpc) is 3.05. The average molecular weight is 499 g/mol. The molecular formula is C25H24Cl2N4O3. The predicted molar refractivity (Wildman–Crippen MR) is 133 cm³/mol. The number of carbonyl (C=O) groups excluding carboxylic acids is 1. The fourth-order valence-electron chi connectivity index (χ4n) is 5.88. The van der Waals surface area contributed by atoms with Crippen LogP contribution in [0.3, 0.4) is 0 Å². The van der Waals surface area contributed by atoms with Gasteiger partial charge in [0.1, 0.15) is 5.69 Å². The van der Waals surface area contributed by atoms with Crippen LogP contribution in [0.5, 0.6) is 0 Å². The molecule has 176 valence electrons. The zero-order valence-electron chi connectivity index (χ0n) is 19.5. The van der Waals surface area contributed by atoms with Crippen LogP contribution in [-0.2, 0) is 15.6 Å². The number of nitrogens with zero attached hydrogens (tertiary/aromatic N) is 3. The van der Waals surface area contributed by atoms with Crippen molar-refractivity contribution in [1.82, 2.24) is 9.97 Å². The molecule has 34 heavy (non-hydrogen) atoms. The van der Waals surface area contributed by atoms with E-state index in [9.17, 15) is 14.9 Å². The van der Waals surface area contributed by atoms with Crippen molar-refractivity contribution in [2.45, 2.75) is 58.3 Å². The topological polar surface area (TPSA) is 98.0 Å². The highest BCUT2D eigenvalue weighted by atomic mass is 35.5. The molecule has 2 aliphatic carbocycles. The number of anilines is 1. The summed E-state index contributed by atoms with van der Waals surface area (Å²) in [4.78, 5) is 35.2. The van der Waals surface area contributed by atoms with Crippen molar-refractivity contribution in [1.29, 1.82) is 0 Å². The Morgan fingerprint density at radius 3 is 2.12 bits per heavy atom. The molecule has 2 aromatic carbocycles. The minimum Gasteiger partial charge on any atom is -0.319 e. The van der Waals surface area contributed by atoms with E-state index in [0.29, 0.717) is 12.1 Å². The molecule has 7 nitrogen and oxygen atoms in total. The summed E-state index contributed by atoms with van der Waals surface area (Å²) in [6, 6.07) is 6.51. The van der Waals surface area contributed by atoms with Crippen LogP contribution in [0.15, 0.2) is 24.3 Å². The van der Waals surface area contributed by atoms with E-state index in [2.05, 4.69) is 26.1 Å². The maximum atomic E-state index is 14.1. The van der Waals surface area contributed by atoms with E-state index < -0.39 is 15.8 Å². The Balaban J connectivity index is 1.70. The first kappa shape index (κ1) is 23.0. The lowest BCUT2D eigenvalue weighted by molar-refractivity contribution is -0.383. The van der Waals surface area contributed by atoms with Gasteiger partial charge >= 0.3 is 0 Å². The second-order valence-corrected chi connectivity index (χ2v) is 11.0. The molecule has 9 heteroatoms. The maximum Gasteiger partial charge on any atom is 0.294 e. The van der Waals surface area contributed by atoms with E-state index in [0.717, 1.165) is 40.3 Å². The van der Waals surface area contributed by atoms with Gasteiger partial charge in [-0.25, -0.2) is 9.97 Å². The zero-order chi connectivity index (χ0) is 24.8. The molecule has 0 radical (unpaired) electrons. The standard InChI is InChI=1S/C25H24Cl2N4O3/c1-12-8-16-17(9-13(12)2)29-21-20(28-16)24(5)6-7-25(21,23(24,3)4)22(32)30-18-10-14(26)15(27)11-19(18)31(33)34/h8-11H,6-7H2,1-5H3,(H,30,32). The first-order valence-corrected chi connectivity index (χ1v) is 11.8. The fourth-order valence-corrected chi connectivity index (χ4v) is 6.20. The van der Waals surface area contributed by atoms with Crippen LogP contribution in [0, 0.1) is 29.4 Å². The van der Waals surface area contributed by atoms with Crippen LogP contribution in [-0.4, -0.2) is 20.8 Å². The van der Waals surface area contributed by atoms with Crippen LogP contribution in [0.4, 0.5) is 11.4 Å². The largest absolute Gasteiger partial charge is 0.319 e. The minimum absolute atomic E-state index is 0.0110. The lowest BCUT2D eigenvalue weighted by Crippen LogP contribution is -2.48. The Morgan fingerprint density at radius 1 is 0.971 bits per heavy atom. The normalized spacial score (nSPS) is 24.3. The number of nitro groups is 1. The summed E-state index contributed by atoms with van der Waals surface area (Å²) in [5.74, 6) is -0.348. The lowest BCUT2D eigenvalue weighted by atomic mass is 9.63. The molecule has 1 saturated carbocycles. The van der Waals surface area contributed by atoms with Gasteiger partial charge in [-0.1, -0.05) is 44.0 Å². The summed E-state index contributed by atoms with van der Waals surface area (Å²) < 4.78 is 0. The second-order valence-electron chi connectivity index (χ2n) is 10.2. The molecule has 0 saturated heterocycles. The number of nitro benzene ring substituents is 1. The second kappa shape index (κ2) is 7.12. The number of rotatable bonds is 3. The van der Waals surface area contributed by atoms with Crippen molar-refractivity contribution >= 4 is 51.5 Å². The number of fused-ring (bicyclic) bond motifs is 6. The minimum atomic E-state index is -1.00. The molecule has 1 heterocycles. The molecular weight excluding hydrogens is 475 g/mol. The Kier molecular flexibility index (Phi) is 4.82. The number of aryl methyl sites for hydroxylation is 2. The van der Waals surface area contributed by atoms with Crippen molar-refractivity contribution < 1.29 is 9.72 Å². The molecule has 3 aromatic rings. The molecule has 2 unspecified atom stereocenters. The van der Waals surface area contributed by atoms with Crippen LogP contribution in [0.25, 0.3) is 11.0 Å². The van der Waals surface area contributed by atoms with Gasteiger partial charge in [0.05, 0.1) is 42.8 Å². The summed E-state index contributed by atoms with van der Waals surface area (Å²) in [7, 11) is 0. The molecule has 5 rings (SSSR count). The fraction of sp³-hybridized carbons (Fsp3) is 0.400. The molecule has 1 N–H and O–H groups in total. The number of aromatic nitrogens is 2. The third kappa shape index (κ3) is 2.74. The third-order valence-corrected chi connectivity index (χ3v) is 9.25. The highest BCUT2D eigenvalue weighted by Gasteiger charge is 2.73. The highest BCUT2D eigenvalue weighted by molar-refractivity contribution is 6.42. The van der Waals surface area contributed by atoms with Crippen molar-refractivity contribution in [2.75, 3.05) is 5.32 Å². The third-order valence-electron chi connectivity index (χ3n) is 8.52. The predicted octanol–water partition coefficient (Wildman–Crippen LogP) is 6.43. The van der Waals surface area contributed by atoms with Gasteiger partial charge < -0.3 is 5.32 Å². The monoisotopic (exact) mass is 498 g/mol. The Hall–Kier alpha value is -2.77. The Morgan fingerprint density at radius 2 is 1.53 bits per heavy atom. The van der Waals surface area contributed by atoms with Crippen molar-refractivity contribution in [3.8, 4) is 0 Å². The summed E-state index contributed by atoms with van der Waals surface area (Å²) in [5.41, 5.74) is 3.06. The van der Waals surface area contributed by atoms with Gasteiger partial charge in [0.15, 0.2) is 0 Å². The lowest BCUT2D eigenvalue weighted by Gasteiger charge is -2.39. The van der Waals surface area contributed by atoms with E-state index in [1.165, 1.54) is 6.07 Å². The van der Waals surface area contributed by atoms with Gasteiger partial charge in [-0.05, 0) is 61.4 Å². The number of benzene rings is 2. The molecule has 0 aliphatic heterocycles. The molecule has 2 atom stereocenters. The van der Waals surface area contributed by atoms with E-state index in [1.807, 2.05) is 26.0 Å². The molecule has 2 aliphatic rings. The van der Waals surface area contributed by atoms with Gasteiger partial charge in [0.25, 0.3) is 5.69 Å². The van der Waals surface area contributed by atoms with E-state index in [1.54, 1.807) is 0 Å². The number of amides is 1. The summed E-state index contributed by atoms with van der Waals surface area (Å²) in [6.07, 6.45) is 1.32.